The summed E-state index contributed by atoms with van der Waals surface area (Å²) in [5.74, 6) is 0.520. The lowest BCUT2D eigenvalue weighted by molar-refractivity contribution is 1.12. The highest BCUT2D eigenvalue weighted by molar-refractivity contribution is 5.60. The van der Waals surface area contributed by atoms with Crippen LogP contribution < -0.4 is 11.1 Å². The highest BCUT2D eigenvalue weighted by Gasteiger charge is 1.97. The van der Waals surface area contributed by atoms with E-state index < -0.39 is 0 Å². The molecular formula is C11H12N4. The molecule has 15 heavy (non-hydrogen) atoms. The fourth-order valence-corrected chi connectivity index (χ4v) is 1.26. The molecule has 0 amide bonds. The molecule has 2 rings (SSSR count). The fourth-order valence-electron chi connectivity index (χ4n) is 1.26. The summed E-state index contributed by atoms with van der Waals surface area (Å²) in [6, 6.07) is 7.67. The van der Waals surface area contributed by atoms with E-state index in [1.165, 1.54) is 0 Å². The lowest BCUT2D eigenvalue weighted by Crippen LogP contribution is -2.03. The second kappa shape index (κ2) is 4.41. The number of nitrogens with two attached hydrogens (primary N) is 1. The molecule has 0 atom stereocenters. The minimum atomic E-state index is 0.520. The van der Waals surface area contributed by atoms with Crippen molar-refractivity contribution in [2.24, 2.45) is 0 Å². The van der Waals surface area contributed by atoms with Gasteiger partial charge in [0.15, 0.2) is 0 Å². The second-order valence-corrected chi connectivity index (χ2v) is 3.15. The quantitative estimate of drug-likeness (QED) is 0.791. The molecule has 0 saturated heterocycles. The highest BCUT2D eigenvalue weighted by Crippen LogP contribution is 2.14. The first-order valence-electron chi connectivity index (χ1n) is 4.69. The van der Waals surface area contributed by atoms with Crippen LogP contribution in [0.5, 0.6) is 0 Å². The first-order chi connectivity index (χ1) is 7.36. The van der Waals surface area contributed by atoms with E-state index in [0.29, 0.717) is 5.82 Å². The van der Waals surface area contributed by atoms with E-state index in [9.17, 15) is 0 Å². The molecule has 0 fully saturated rings. The lowest BCUT2D eigenvalue weighted by Gasteiger charge is -2.07. The first kappa shape index (κ1) is 9.45. The Morgan fingerprint density at radius 1 is 1.13 bits per heavy atom. The molecule has 3 N–H and O–H groups in total. The summed E-state index contributed by atoms with van der Waals surface area (Å²) >= 11 is 0. The van der Waals surface area contributed by atoms with Gasteiger partial charge in [-0.3, -0.25) is 4.98 Å². The van der Waals surface area contributed by atoms with E-state index >= 15 is 0 Å². The third-order valence-corrected chi connectivity index (χ3v) is 2.07. The average molecular weight is 200 g/mol. The normalized spacial score (nSPS) is 9.87. The van der Waals surface area contributed by atoms with Gasteiger partial charge in [-0.05, 0) is 29.8 Å². The number of anilines is 2. The Labute approximate surface area is 88.2 Å². The smallest absolute Gasteiger partial charge is 0.146 e. The number of nitrogens with one attached hydrogen (secondary N) is 1. The minimum Gasteiger partial charge on any atom is -0.382 e. The molecule has 0 aliphatic carbocycles. The largest absolute Gasteiger partial charge is 0.382 e. The summed E-state index contributed by atoms with van der Waals surface area (Å²) in [7, 11) is 0. The maximum absolute atomic E-state index is 5.70. The van der Waals surface area contributed by atoms with E-state index in [4.69, 9.17) is 5.73 Å². The van der Waals surface area contributed by atoms with Gasteiger partial charge in [0.2, 0.25) is 0 Å². The fraction of sp³-hybridized carbons (Fsp3) is 0.0909. The highest BCUT2D eigenvalue weighted by atomic mass is 14.9. The van der Waals surface area contributed by atoms with Gasteiger partial charge < -0.3 is 11.1 Å². The van der Waals surface area contributed by atoms with E-state index in [2.05, 4.69) is 15.3 Å². The van der Waals surface area contributed by atoms with Gasteiger partial charge in [-0.2, -0.15) is 0 Å². The van der Waals surface area contributed by atoms with Crippen molar-refractivity contribution in [1.29, 1.82) is 0 Å². The summed E-state index contributed by atoms with van der Waals surface area (Å²) in [5, 5.41) is 3.21. The number of aromatic nitrogens is 2. The van der Waals surface area contributed by atoms with Crippen molar-refractivity contribution in [3.8, 4) is 0 Å². The maximum Gasteiger partial charge on any atom is 0.146 e. The Bertz CT molecular complexity index is 428. The molecule has 76 valence electrons. The van der Waals surface area contributed by atoms with Gasteiger partial charge in [-0.15, -0.1) is 0 Å². The van der Waals surface area contributed by atoms with E-state index in [0.717, 1.165) is 17.8 Å². The van der Waals surface area contributed by atoms with Crippen LogP contribution in [-0.4, -0.2) is 9.97 Å². The van der Waals surface area contributed by atoms with Crippen LogP contribution in [0.2, 0.25) is 0 Å². The summed E-state index contributed by atoms with van der Waals surface area (Å²) in [6.45, 7) is 0.721. The second-order valence-electron chi connectivity index (χ2n) is 3.15. The van der Waals surface area contributed by atoms with Gasteiger partial charge in [0.25, 0.3) is 0 Å². The van der Waals surface area contributed by atoms with E-state index in [1.54, 1.807) is 18.6 Å². The molecule has 0 saturated carbocycles. The summed E-state index contributed by atoms with van der Waals surface area (Å²) in [6.07, 6.45) is 5.21. The molecule has 0 radical (unpaired) electrons. The number of nitrogens with zero attached hydrogens (tertiary/aromatic N) is 2. The standard InChI is InChI=1S/C11H12N4/c12-11-10(2-1-5-14-11)15-8-9-3-6-13-7-4-9/h1-7,15H,8H2,(H2,12,14). The average Bonchev–Trinajstić information content (AvgIpc) is 2.29. The van der Waals surface area contributed by atoms with Crippen molar-refractivity contribution in [2.75, 3.05) is 11.1 Å². The Morgan fingerprint density at radius 2 is 1.93 bits per heavy atom. The van der Waals surface area contributed by atoms with Gasteiger partial charge in [0.1, 0.15) is 5.82 Å². The molecule has 0 aliphatic heterocycles. The first-order valence-corrected chi connectivity index (χ1v) is 4.69. The molecular weight excluding hydrogens is 188 g/mol. The molecule has 0 unspecified atom stereocenters. The van der Waals surface area contributed by atoms with Gasteiger partial charge in [0, 0.05) is 25.1 Å². The Balaban J connectivity index is 2.03. The van der Waals surface area contributed by atoms with Crippen molar-refractivity contribution in [3.05, 3.63) is 48.4 Å². The van der Waals surface area contributed by atoms with Crippen LogP contribution in [0.25, 0.3) is 0 Å². The van der Waals surface area contributed by atoms with Gasteiger partial charge in [-0.1, -0.05) is 0 Å². The van der Waals surface area contributed by atoms with Gasteiger partial charge in [0.05, 0.1) is 5.69 Å². The number of hydrogen-bond donors (Lipinski definition) is 2. The number of hydrogen-bond acceptors (Lipinski definition) is 4. The van der Waals surface area contributed by atoms with Crippen molar-refractivity contribution >= 4 is 11.5 Å². The Kier molecular flexibility index (Phi) is 2.78. The zero-order valence-electron chi connectivity index (χ0n) is 8.22. The number of rotatable bonds is 3. The summed E-state index contributed by atoms with van der Waals surface area (Å²) in [4.78, 5) is 7.95. The van der Waals surface area contributed by atoms with Crippen LogP contribution in [-0.2, 0) is 6.54 Å². The number of pyridine rings is 2. The molecule has 2 aromatic rings. The molecule has 0 spiro atoms. The van der Waals surface area contributed by atoms with Crippen LogP contribution in [0, 0.1) is 0 Å². The molecule has 2 heterocycles. The predicted octanol–water partition coefficient (Wildman–Crippen LogP) is 1.67. The third-order valence-electron chi connectivity index (χ3n) is 2.07. The van der Waals surface area contributed by atoms with Crippen LogP contribution in [0.1, 0.15) is 5.56 Å². The summed E-state index contributed by atoms with van der Waals surface area (Å²) in [5.41, 5.74) is 7.72. The topological polar surface area (TPSA) is 63.8 Å². The third kappa shape index (κ3) is 2.43. The lowest BCUT2D eigenvalue weighted by atomic mass is 10.2. The van der Waals surface area contributed by atoms with E-state index in [-0.39, 0.29) is 0 Å². The van der Waals surface area contributed by atoms with Gasteiger partial charge in [-0.25, -0.2) is 4.98 Å². The molecule has 0 aromatic carbocycles. The van der Waals surface area contributed by atoms with Crippen LogP contribution in [0.3, 0.4) is 0 Å². The van der Waals surface area contributed by atoms with Crippen molar-refractivity contribution in [3.63, 3.8) is 0 Å². The van der Waals surface area contributed by atoms with Crippen LogP contribution in [0.4, 0.5) is 11.5 Å². The molecule has 0 bridgehead atoms. The van der Waals surface area contributed by atoms with Gasteiger partial charge >= 0.3 is 0 Å². The summed E-state index contributed by atoms with van der Waals surface area (Å²) < 4.78 is 0. The molecule has 0 aliphatic rings. The van der Waals surface area contributed by atoms with Crippen molar-refractivity contribution < 1.29 is 0 Å². The zero-order chi connectivity index (χ0) is 10.5. The Hall–Kier alpha value is -2.10. The van der Waals surface area contributed by atoms with Crippen molar-refractivity contribution in [1.82, 2.24) is 9.97 Å². The maximum atomic E-state index is 5.70. The predicted molar refractivity (Wildman–Crippen MR) is 60.2 cm³/mol. The monoisotopic (exact) mass is 200 g/mol. The SMILES string of the molecule is Nc1ncccc1NCc1ccncc1. The van der Waals surface area contributed by atoms with Crippen molar-refractivity contribution in [2.45, 2.75) is 6.54 Å². The molecule has 2 aromatic heterocycles. The zero-order valence-corrected chi connectivity index (χ0v) is 8.22. The molecule has 4 heteroatoms. The number of nitrogen functional groups attached to an aromatic ring is 1. The van der Waals surface area contributed by atoms with E-state index in [1.807, 2.05) is 24.3 Å². The Morgan fingerprint density at radius 3 is 2.67 bits per heavy atom. The van der Waals surface area contributed by atoms with Crippen LogP contribution >= 0.6 is 0 Å². The minimum absolute atomic E-state index is 0.520. The van der Waals surface area contributed by atoms with Crippen LogP contribution in [0.15, 0.2) is 42.9 Å². The molecule has 4 nitrogen and oxygen atoms in total.